The molecule has 2 saturated carbocycles. The molecule has 2 aliphatic rings. The van der Waals surface area contributed by atoms with Gasteiger partial charge in [-0.2, -0.15) is 34.8 Å². The maximum atomic E-state index is 15.3. The summed E-state index contributed by atoms with van der Waals surface area (Å²) >= 11 is 0. The molecule has 0 spiro atoms. The predicted octanol–water partition coefficient (Wildman–Crippen LogP) is 9.12. The van der Waals surface area contributed by atoms with Gasteiger partial charge in [0.1, 0.15) is 0 Å². The molecule has 0 unspecified atom stereocenters. The minimum atomic E-state index is -6.66. The van der Waals surface area contributed by atoms with E-state index in [4.69, 9.17) is 0 Å². The second kappa shape index (κ2) is 11.1. The van der Waals surface area contributed by atoms with Crippen molar-refractivity contribution < 1.29 is 52.1 Å². The number of benzene rings is 2. The van der Waals surface area contributed by atoms with Crippen LogP contribution < -0.4 is 4.18 Å². The summed E-state index contributed by atoms with van der Waals surface area (Å²) in [6.07, 6.45) is 1.88. The van der Waals surface area contributed by atoms with Gasteiger partial charge < -0.3 is 4.18 Å². The molecule has 2 aliphatic carbocycles. The minimum Gasteiger partial charge on any atom is -0.372 e. The Morgan fingerprint density at radius 3 is 1.75 bits per heavy atom. The number of halogens is 9. The topological polar surface area (TPSA) is 43.4 Å². The molecule has 3 nitrogen and oxygen atoms in total. The average Bonchev–Trinajstić information content (AvgIpc) is 2.86. The number of rotatable bonds is 5. The summed E-state index contributed by atoms with van der Waals surface area (Å²) in [7, 11) is -6.66. The van der Waals surface area contributed by atoms with Crippen molar-refractivity contribution in [3.05, 3.63) is 52.8 Å². The summed E-state index contributed by atoms with van der Waals surface area (Å²) in [4.78, 5) is 0. The molecule has 0 N–H and O–H groups in total. The first kappa shape index (κ1) is 30.5. The highest BCUT2D eigenvalue weighted by Gasteiger charge is 2.50. The fourth-order valence-corrected chi connectivity index (χ4v) is 6.45. The highest BCUT2D eigenvalue weighted by Crippen LogP contribution is 2.47. The fraction of sp³-hybridized carbons (Fsp3) is 0.556. The Morgan fingerprint density at radius 1 is 0.700 bits per heavy atom. The molecule has 2 aromatic carbocycles. The van der Waals surface area contributed by atoms with Crippen LogP contribution in [0.1, 0.15) is 75.3 Å². The van der Waals surface area contributed by atoms with Crippen LogP contribution in [0.15, 0.2) is 24.3 Å². The van der Waals surface area contributed by atoms with E-state index in [2.05, 4.69) is 11.1 Å². The normalized spacial score (nSPS) is 24.6. The molecule has 0 bridgehead atoms. The van der Waals surface area contributed by atoms with E-state index in [1.807, 2.05) is 0 Å². The molecule has 4 rings (SSSR count). The zero-order valence-corrected chi connectivity index (χ0v) is 22.1. The number of alkyl halides is 6. The van der Waals surface area contributed by atoms with Gasteiger partial charge in [-0.05, 0) is 79.9 Å². The van der Waals surface area contributed by atoms with Crippen molar-refractivity contribution in [1.29, 1.82) is 0 Å². The monoisotopic (exact) mass is 602 g/mol. The lowest BCUT2D eigenvalue weighted by Gasteiger charge is -2.37. The summed E-state index contributed by atoms with van der Waals surface area (Å²) in [5, 5.41) is 0. The Bertz CT molecular complexity index is 1340. The molecule has 0 radical (unpaired) electrons. The molecule has 2 fully saturated rings. The first-order valence-electron chi connectivity index (χ1n) is 12.9. The quantitative estimate of drug-likeness (QED) is 0.195. The standard InChI is InChI=1S/C27H27F9O3S/c1-14-2-4-15(5-3-14)16-6-8-17(9-7-16)18-10-11-19(23(29)22(18)28)20-12-13-21(26(31,32)33)24(30)25(20)39-40(37,38)27(34,35)36/h10-17H,2-9H2,1H3. The molecule has 222 valence electrons. The van der Waals surface area contributed by atoms with Crippen molar-refractivity contribution in [1.82, 2.24) is 0 Å². The minimum absolute atomic E-state index is 0.0188. The maximum absolute atomic E-state index is 15.3. The Labute approximate surface area is 225 Å². The Kier molecular flexibility index (Phi) is 8.46. The van der Waals surface area contributed by atoms with E-state index in [9.17, 15) is 39.2 Å². The van der Waals surface area contributed by atoms with Gasteiger partial charge in [-0.3, -0.25) is 0 Å². The van der Waals surface area contributed by atoms with E-state index in [1.54, 1.807) is 0 Å². The van der Waals surface area contributed by atoms with Gasteiger partial charge >= 0.3 is 21.8 Å². The van der Waals surface area contributed by atoms with Crippen molar-refractivity contribution in [3.63, 3.8) is 0 Å². The van der Waals surface area contributed by atoms with E-state index in [-0.39, 0.29) is 17.5 Å². The highest BCUT2D eigenvalue weighted by atomic mass is 32.2. The van der Waals surface area contributed by atoms with Crippen LogP contribution in [-0.2, 0) is 16.3 Å². The lowest BCUT2D eigenvalue weighted by molar-refractivity contribution is -0.140. The van der Waals surface area contributed by atoms with E-state index in [0.717, 1.165) is 50.7 Å². The van der Waals surface area contributed by atoms with Crippen LogP contribution in [-0.4, -0.2) is 13.9 Å². The molecular weight excluding hydrogens is 575 g/mol. The molecule has 13 heteroatoms. The molecule has 0 saturated heterocycles. The van der Waals surface area contributed by atoms with Crippen molar-refractivity contribution in [2.45, 2.75) is 75.9 Å². The third kappa shape index (κ3) is 6.08. The van der Waals surface area contributed by atoms with Crippen LogP contribution in [0.5, 0.6) is 5.75 Å². The van der Waals surface area contributed by atoms with Gasteiger partial charge in [0.2, 0.25) is 0 Å². The molecule has 0 aromatic heterocycles. The van der Waals surface area contributed by atoms with Gasteiger partial charge in [-0.1, -0.05) is 31.9 Å². The smallest absolute Gasteiger partial charge is 0.372 e. The van der Waals surface area contributed by atoms with E-state index < -0.39 is 61.7 Å². The van der Waals surface area contributed by atoms with Gasteiger partial charge in [0.25, 0.3) is 0 Å². The molecule has 0 amide bonds. The zero-order valence-electron chi connectivity index (χ0n) is 21.3. The lowest BCUT2D eigenvalue weighted by Crippen LogP contribution is -2.29. The van der Waals surface area contributed by atoms with E-state index in [1.165, 1.54) is 0 Å². The van der Waals surface area contributed by atoms with Gasteiger partial charge in [0, 0.05) is 11.1 Å². The Hall–Kier alpha value is -2.44. The molecule has 2 aromatic rings. The molecular formula is C27H27F9O3S. The van der Waals surface area contributed by atoms with Crippen molar-refractivity contribution in [2.75, 3.05) is 0 Å². The zero-order chi connectivity index (χ0) is 29.6. The fourth-order valence-electron chi connectivity index (χ4n) is 5.97. The summed E-state index contributed by atoms with van der Waals surface area (Å²) < 4.78 is 150. The lowest BCUT2D eigenvalue weighted by atomic mass is 9.68. The SMILES string of the molecule is CC1CCC(C2CCC(c3ccc(-c4ccc(C(F)(F)F)c(F)c4OS(=O)(=O)C(F)(F)F)c(F)c3F)CC2)CC1. The largest absolute Gasteiger partial charge is 0.534 e. The first-order chi connectivity index (χ1) is 18.5. The second-order valence-corrected chi connectivity index (χ2v) is 12.3. The highest BCUT2D eigenvalue weighted by molar-refractivity contribution is 7.88. The van der Waals surface area contributed by atoms with Crippen LogP contribution in [0, 0.1) is 35.2 Å². The van der Waals surface area contributed by atoms with Crippen LogP contribution in [0.4, 0.5) is 39.5 Å². The molecule has 0 heterocycles. The Balaban J connectivity index is 1.66. The summed E-state index contributed by atoms with van der Waals surface area (Å²) in [6.45, 7) is 2.22. The summed E-state index contributed by atoms with van der Waals surface area (Å²) in [6, 6.07) is 2.42. The van der Waals surface area contributed by atoms with Crippen LogP contribution in [0.25, 0.3) is 11.1 Å². The van der Waals surface area contributed by atoms with Crippen LogP contribution in [0.3, 0.4) is 0 Å². The third-order valence-corrected chi connectivity index (χ3v) is 9.17. The summed E-state index contributed by atoms with van der Waals surface area (Å²) in [5.74, 6) is -6.23. The number of hydrogen-bond acceptors (Lipinski definition) is 3. The van der Waals surface area contributed by atoms with E-state index >= 15 is 8.78 Å². The molecule has 0 aliphatic heterocycles. The molecule has 40 heavy (non-hydrogen) atoms. The van der Waals surface area contributed by atoms with Gasteiger partial charge in [-0.15, -0.1) is 0 Å². The number of hydrogen-bond donors (Lipinski definition) is 0. The van der Waals surface area contributed by atoms with Gasteiger partial charge in [0.05, 0.1) is 5.56 Å². The second-order valence-electron chi connectivity index (χ2n) is 10.7. The van der Waals surface area contributed by atoms with Crippen LogP contribution in [0.2, 0.25) is 0 Å². The third-order valence-electron chi connectivity index (χ3n) is 8.22. The van der Waals surface area contributed by atoms with Crippen LogP contribution >= 0.6 is 0 Å². The average molecular weight is 603 g/mol. The van der Waals surface area contributed by atoms with Crippen molar-refractivity contribution in [3.8, 4) is 16.9 Å². The Morgan fingerprint density at radius 2 is 1.23 bits per heavy atom. The summed E-state index contributed by atoms with van der Waals surface area (Å²) in [5.41, 5.74) is -10.4. The maximum Gasteiger partial charge on any atom is 0.534 e. The van der Waals surface area contributed by atoms with Gasteiger partial charge in [-0.25, -0.2) is 13.2 Å². The van der Waals surface area contributed by atoms with Crippen molar-refractivity contribution in [2.24, 2.45) is 17.8 Å². The molecule has 0 atom stereocenters. The van der Waals surface area contributed by atoms with Gasteiger partial charge in [0.15, 0.2) is 23.2 Å². The van der Waals surface area contributed by atoms with Crippen molar-refractivity contribution >= 4 is 10.1 Å². The first-order valence-corrected chi connectivity index (χ1v) is 14.3. The van der Waals surface area contributed by atoms with E-state index in [0.29, 0.717) is 36.7 Å². The predicted molar refractivity (Wildman–Crippen MR) is 128 cm³/mol.